The van der Waals surface area contributed by atoms with Crippen molar-refractivity contribution < 1.29 is 14.4 Å². The van der Waals surface area contributed by atoms with Gasteiger partial charge in [0.1, 0.15) is 6.04 Å². The number of amides is 3. The Bertz CT molecular complexity index is 705. The molecule has 29 heavy (non-hydrogen) atoms. The van der Waals surface area contributed by atoms with Crippen LogP contribution in [0.4, 0.5) is 0 Å². The molecule has 6 heteroatoms. The molecule has 1 N–H and O–H groups in total. The van der Waals surface area contributed by atoms with Crippen LogP contribution in [0.25, 0.3) is 0 Å². The maximum atomic E-state index is 13.1. The van der Waals surface area contributed by atoms with Gasteiger partial charge in [-0.15, -0.1) is 0 Å². The van der Waals surface area contributed by atoms with Gasteiger partial charge in [-0.25, -0.2) is 0 Å². The van der Waals surface area contributed by atoms with Gasteiger partial charge in [0, 0.05) is 37.7 Å². The van der Waals surface area contributed by atoms with Crippen molar-refractivity contribution in [2.75, 3.05) is 26.2 Å². The molecule has 3 rings (SSSR count). The third-order valence-electron chi connectivity index (χ3n) is 6.11. The normalized spacial score (nSPS) is 19.1. The summed E-state index contributed by atoms with van der Waals surface area (Å²) in [6, 6.07) is 8.73. The Morgan fingerprint density at radius 3 is 2.07 bits per heavy atom. The molecule has 1 atom stereocenters. The number of hydrogen-bond acceptors (Lipinski definition) is 3. The third kappa shape index (κ3) is 5.37. The van der Waals surface area contributed by atoms with Crippen LogP contribution in [0, 0.1) is 11.8 Å². The molecule has 2 fully saturated rings. The molecule has 6 nitrogen and oxygen atoms in total. The quantitative estimate of drug-likeness (QED) is 0.828. The zero-order valence-electron chi connectivity index (χ0n) is 17.6. The topological polar surface area (TPSA) is 69.7 Å². The summed E-state index contributed by atoms with van der Waals surface area (Å²) >= 11 is 0. The smallest absolute Gasteiger partial charge is 0.253 e. The largest absolute Gasteiger partial charge is 0.344 e. The first-order chi connectivity index (χ1) is 14.0. The number of nitrogens with one attached hydrogen (secondary N) is 1. The van der Waals surface area contributed by atoms with E-state index in [0.717, 1.165) is 25.7 Å². The summed E-state index contributed by atoms with van der Waals surface area (Å²) < 4.78 is 0. The van der Waals surface area contributed by atoms with E-state index in [1.165, 1.54) is 6.42 Å². The first-order valence-electron chi connectivity index (χ1n) is 10.9. The Balaban J connectivity index is 1.55. The first-order valence-corrected chi connectivity index (χ1v) is 10.9. The van der Waals surface area contributed by atoms with Crippen molar-refractivity contribution in [3.8, 4) is 0 Å². The fraction of sp³-hybridized carbons (Fsp3) is 0.609. The molecule has 1 aliphatic heterocycles. The number of carbonyl (C=O) groups is 3. The van der Waals surface area contributed by atoms with Gasteiger partial charge < -0.3 is 15.1 Å². The van der Waals surface area contributed by atoms with Crippen molar-refractivity contribution in [2.45, 2.75) is 52.0 Å². The van der Waals surface area contributed by atoms with Gasteiger partial charge in [-0.1, -0.05) is 51.3 Å². The summed E-state index contributed by atoms with van der Waals surface area (Å²) in [6.07, 6.45) is 5.23. The molecule has 0 unspecified atom stereocenters. The number of benzene rings is 1. The molecule has 158 valence electrons. The minimum absolute atomic E-state index is 0.00344. The van der Waals surface area contributed by atoms with E-state index in [2.05, 4.69) is 5.32 Å². The van der Waals surface area contributed by atoms with Crippen LogP contribution in [0.2, 0.25) is 0 Å². The summed E-state index contributed by atoms with van der Waals surface area (Å²) in [7, 11) is 0. The molecule has 0 radical (unpaired) electrons. The summed E-state index contributed by atoms with van der Waals surface area (Å²) in [6.45, 7) is 5.97. The van der Waals surface area contributed by atoms with Crippen LogP contribution in [0.5, 0.6) is 0 Å². The minimum atomic E-state index is -0.499. The van der Waals surface area contributed by atoms with Crippen LogP contribution in [-0.4, -0.2) is 59.7 Å². The Morgan fingerprint density at radius 1 is 0.897 bits per heavy atom. The van der Waals surface area contributed by atoms with E-state index in [1.807, 2.05) is 44.2 Å². The summed E-state index contributed by atoms with van der Waals surface area (Å²) in [5.74, 6) is 0.0616. The molecule has 1 saturated carbocycles. The molecule has 1 aliphatic carbocycles. The number of carbonyl (C=O) groups excluding carboxylic acids is 3. The number of rotatable bonds is 5. The Kier molecular flexibility index (Phi) is 7.29. The predicted octanol–water partition coefficient (Wildman–Crippen LogP) is 2.69. The van der Waals surface area contributed by atoms with E-state index in [0.29, 0.717) is 31.7 Å². The molecule has 0 aromatic heterocycles. The van der Waals surface area contributed by atoms with Gasteiger partial charge >= 0.3 is 0 Å². The molecule has 3 amide bonds. The zero-order valence-corrected chi connectivity index (χ0v) is 17.6. The number of piperazine rings is 1. The zero-order chi connectivity index (χ0) is 20.8. The third-order valence-corrected chi connectivity index (χ3v) is 6.11. The lowest BCUT2D eigenvalue weighted by Gasteiger charge is -2.37. The van der Waals surface area contributed by atoms with Gasteiger partial charge in [0.05, 0.1) is 0 Å². The molecule has 1 saturated heterocycles. The molecule has 1 aromatic rings. The fourth-order valence-electron chi connectivity index (χ4n) is 4.24. The van der Waals surface area contributed by atoms with Crippen LogP contribution in [-0.2, 0) is 9.59 Å². The monoisotopic (exact) mass is 399 g/mol. The van der Waals surface area contributed by atoms with Crippen molar-refractivity contribution in [2.24, 2.45) is 11.8 Å². The molecule has 0 bridgehead atoms. The lowest BCUT2D eigenvalue weighted by atomic mass is 9.88. The maximum absolute atomic E-state index is 13.1. The van der Waals surface area contributed by atoms with Crippen molar-refractivity contribution in [1.29, 1.82) is 0 Å². The van der Waals surface area contributed by atoms with Crippen molar-refractivity contribution >= 4 is 17.7 Å². The predicted molar refractivity (Wildman–Crippen MR) is 112 cm³/mol. The molecule has 2 aliphatic rings. The number of hydrogen-bond donors (Lipinski definition) is 1. The standard InChI is InChI=1S/C23H33N3O3/c1-17(2)20(24-21(27)18-9-5-3-6-10-18)23(29)26-15-13-25(14-16-26)22(28)19-11-7-4-8-12-19/h4,7-8,11-12,17-18,20H,3,5-6,9-10,13-16H2,1-2H3,(H,24,27)/t20-/m0/s1. The van der Waals surface area contributed by atoms with E-state index < -0.39 is 6.04 Å². The molecular weight excluding hydrogens is 366 g/mol. The summed E-state index contributed by atoms with van der Waals surface area (Å²) in [4.78, 5) is 42.0. The Morgan fingerprint density at radius 2 is 1.48 bits per heavy atom. The molecule has 1 aromatic carbocycles. The minimum Gasteiger partial charge on any atom is -0.344 e. The first kappa shape index (κ1) is 21.3. The van der Waals surface area contributed by atoms with E-state index >= 15 is 0 Å². The maximum Gasteiger partial charge on any atom is 0.253 e. The van der Waals surface area contributed by atoms with E-state index in [4.69, 9.17) is 0 Å². The highest BCUT2D eigenvalue weighted by molar-refractivity contribution is 5.94. The van der Waals surface area contributed by atoms with Crippen LogP contribution in [0.1, 0.15) is 56.3 Å². The van der Waals surface area contributed by atoms with Gasteiger partial charge in [0.2, 0.25) is 11.8 Å². The second kappa shape index (κ2) is 9.90. The highest BCUT2D eigenvalue weighted by atomic mass is 16.2. The average Bonchev–Trinajstić information content (AvgIpc) is 2.77. The van der Waals surface area contributed by atoms with Crippen LogP contribution < -0.4 is 5.32 Å². The highest BCUT2D eigenvalue weighted by Crippen LogP contribution is 2.24. The highest BCUT2D eigenvalue weighted by Gasteiger charge is 2.33. The second-order valence-electron chi connectivity index (χ2n) is 8.55. The average molecular weight is 400 g/mol. The van der Waals surface area contributed by atoms with Crippen molar-refractivity contribution in [1.82, 2.24) is 15.1 Å². The van der Waals surface area contributed by atoms with Crippen LogP contribution >= 0.6 is 0 Å². The lowest BCUT2D eigenvalue weighted by molar-refractivity contribution is -0.140. The van der Waals surface area contributed by atoms with Crippen molar-refractivity contribution in [3.63, 3.8) is 0 Å². The molecule has 1 heterocycles. The van der Waals surface area contributed by atoms with E-state index in [-0.39, 0.29) is 29.6 Å². The van der Waals surface area contributed by atoms with Gasteiger partial charge in [-0.2, -0.15) is 0 Å². The fourth-order valence-corrected chi connectivity index (χ4v) is 4.24. The Hall–Kier alpha value is -2.37. The van der Waals surface area contributed by atoms with Crippen LogP contribution in [0.15, 0.2) is 30.3 Å². The van der Waals surface area contributed by atoms with E-state index in [9.17, 15) is 14.4 Å². The lowest BCUT2D eigenvalue weighted by Crippen LogP contribution is -2.57. The Labute approximate surface area is 173 Å². The number of nitrogens with zero attached hydrogens (tertiary/aromatic N) is 2. The SMILES string of the molecule is CC(C)[C@H](NC(=O)C1CCCCC1)C(=O)N1CCN(C(=O)c2ccccc2)CC1. The second-order valence-corrected chi connectivity index (χ2v) is 8.55. The van der Waals surface area contributed by atoms with Gasteiger partial charge in [-0.3, -0.25) is 14.4 Å². The van der Waals surface area contributed by atoms with Crippen molar-refractivity contribution in [3.05, 3.63) is 35.9 Å². The molecular formula is C23H33N3O3. The van der Waals surface area contributed by atoms with Gasteiger partial charge in [0.15, 0.2) is 0 Å². The van der Waals surface area contributed by atoms with E-state index in [1.54, 1.807) is 9.80 Å². The summed E-state index contributed by atoms with van der Waals surface area (Å²) in [5.41, 5.74) is 0.673. The van der Waals surface area contributed by atoms with Crippen LogP contribution in [0.3, 0.4) is 0 Å². The molecule has 0 spiro atoms. The van der Waals surface area contributed by atoms with Gasteiger partial charge in [-0.05, 0) is 30.9 Å². The summed E-state index contributed by atoms with van der Waals surface area (Å²) in [5, 5.41) is 3.03. The van der Waals surface area contributed by atoms with Gasteiger partial charge in [0.25, 0.3) is 5.91 Å².